The Morgan fingerprint density at radius 2 is 1.79 bits per heavy atom. The second-order valence-corrected chi connectivity index (χ2v) is 5.85. The van der Waals surface area contributed by atoms with E-state index in [0.29, 0.717) is 24.8 Å². The van der Waals surface area contributed by atoms with Crippen LogP contribution in [0, 0.1) is 0 Å². The predicted molar refractivity (Wildman–Crippen MR) is 67.9 cm³/mol. The van der Waals surface area contributed by atoms with Crippen LogP contribution >= 0.6 is 7.60 Å². The number of hydrogen-bond donors (Lipinski definition) is 2. The minimum absolute atomic E-state index is 0.00447. The number of carboxylic acids is 1. The Bertz CT molecular complexity index is 377. The minimum atomic E-state index is -4.03. The lowest BCUT2D eigenvalue weighted by molar-refractivity contribution is -0.139. The first-order chi connectivity index (χ1) is 8.74. The Hall–Kier alpha value is -1.17. The molecule has 0 bridgehead atoms. The molecule has 0 aliphatic carbocycles. The molecule has 19 heavy (non-hydrogen) atoms. The molecule has 0 aromatic carbocycles. The molecule has 1 unspecified atom stereocenters. The highest BCUT2D eigenvalue weighted by Crippen LogP contribution is 2.41. The lowest BCUT2D eigenvalue weighted by atomic mass is 10.2. The van der Waals surface area contributed by atoms with Gasteiger partial charge in [0, 0.05) is 5.57 Å². The Morgan fingerprint density at radius 1 is 1.21 bits per heavy atom. The number of ether oxygens (including phenoxy) is 1. The number of esters is 1. The van der Waals surface area contributed by atoms with Crippen LogP contribution in [0.4, 0.5) is 0 Å². The number of aliphatic carboxylic acids is 1. The molecule has 0 amide bonds. The van der Waals surface area contributed by atoms with Gasteiger partial charge in [-0.1, -0.05) is 6.58 Å². The summed E-state index contributed by atoms with van der Waals surface area (Å²) < 4.78 is 20.6. The van der Waals surface area contributed by atoms with Gasteiger partial charge >= 0.3 is 19.5 Å². The molecule has 0 heterocycles. The topological polar surface area (TPSA) is 110 Å². The van der Waals surface area contributed by atoms with Gasteiger partial charge in [-0.3, -0.25) is 9.36 Å². The summed E-state index contributed by atoms with van der Waals surface area (Å²) in [6.45, 7) is 5.23. The van der Waals surface area contributed by atoms with Crippen molar-refractivity contribution in [3.63, 3.8) is 0 Å². The molecule has 0 fully saturated rings. The summed E-state index contributed by atoms with van der Waals surface area (Å²) in [5.74, 6) is -1.82. The van der Waals surface area contributed by atoms with Crippen LogP contribution in [0.5, 0.6) is 0 Å². The average Bonchev–Trinajstić information content (AvgIpc) is 2.25. The van der Waals surface area contributed by atoms with Gasteiger partial charge in [0.1, 0.15) is 6.16 Å². The zero-order valence-corrected chi connectivity index (χ0v) is 11.7. The third kappa shape index (κ3) is 10.4. The van der Waals surface area contributed by atoms with Crippen LogP contribution in [-0.4, -0.2) is 41.3 Å². The van der Waals surface area contributed by atoms with Gasteiger partial charge in [-0.05, 0) is 26.2 Å². The highest BCUT2D eigenvalue weighted by molar-refractivity contribution is 7.53. The van der Waals surface area contributed by atoms with Crippen molar-refractivity contribution in [2.24, 2.45) is 0 Å². The number of hydrogen-bond acceptors (Lipinski definition) is 5. The summed E-state index contributed by atoms with van der Waals surface area (Å²) in [6, 6.07) is 0. The normalized spacial score (nSPS) is 13.6. The van der Waals surface area contributed by atoms with Gasteiger partial charge in [0.2, 0.25) is 0 Å². The van der Waals surface area contributed by atoms with Crippen molar-refractivity contribution in [3.05, 3.63) is 12.2 Å². The van der Waals surface area contributed by atoms with Crippen LogP contribution < -0.4 is 0 Å². The molecule has 0 saturated heterocycles. The molecular formula is C11H19O7P. The van der Waals surface area contributed by atoms with E-state index in [1.54, 1.807) is 6.92 Å². The van der Waals surface area contributed by atoms with E-state index in [0.717, 1.165) is 0 Å². The lowest BCUT2D eigenvalue weighted by Gasteiger charge is -2.09. The summed E-state index contributed by atoms with van der Waals surface area (Å²) >= 11 is 0. The van der Waals surface area contributed by atoms with Gasteiger partial charge in [-0.15, -0.1) is 0 Å². The Labute approximate surface area is 111 Å². The molecule has 2 N–H and O–H groups in total. The fourth-order valence-electron chi connectivity index (χ4n) is 1.09. The molecule has 7 nitrogen and oxygen atoms in total. The van der Waals surface area contributed by atoms with E-state index in [9.17, 15) is 14.2 Å². The highest BCUT2D eigenvalue weighted by Gasteiger charge is 2.23. The Morgan fingerprint density at radius 3 is 2.32 bits per heavy atom. The summed E-state index contributed by atoms with van der Waals surface area (Å²) in [7, 11) is -4.03. The molecule has 0 radical (unpaired) electrons. The number of unbranched alkanes of at least 4 members (excludes halogenated alkanes) is 2. The molecule has 0 aliphatic rings. The number of carboxylic acid groups (broad SMARTS) is 1. The van der Waals surface area contributed by atoms with Crippen molar-refractivity contribution < 1.29 is 33.4 Å². The Balaban J connectivity index is 3.56. The first-order valence-electron chi connectivity index (χ1n) is 5.75. The van der Waals surface area contributed by atoms with Crippen molar-refractivity contribution in [1.82, 2.24) is 0 Å². The summed E-state index contributed by atoms with van der Waals surface area (Å²) in [6.07, 6.45) is 0.811. The first kappa shape index (κ1) is 17.8. The number of rotatable bonds is 10. The van der Waals surface area contributed by atoms with E-state index in [2.05, 4.69) is 11.1 Å². The molecule has 0 aromatic heterocycles. The van der Waals surface area contributed by atoms with Crippen LogP contribution in [0.25, 0.3) is 0 Å². The fraction of sp³-hybridized carbons (Fsp3) is 0.636. The molecule has 0 aromatic rings. The minimum Gasteiger partial charge on any atom is -0.481 e. The van der Waals surface area contributed by atoms with Crippen LogP contribution in [0.1, 0.15) is 26.2 Å². The van der Waals surface area contributed by atoms with E-state index < -0.39 is 25.7 Å². The molecule has 0 spiro atoms. The van der Waals surface area contributed by atoms with Gasteiger partial charge < -0.3 is 19.3 Å². The van der Waals surface area contributed by atoms with E-state index in [1.165, 1.54) is 0 Å². The summed E-state index contributed by atoms with van der Waals surface area (Å²) in [5.41, 5.74) is 0.332. The maximum atomic E-state index is 11.2. The van der Waals surface area contributed by atoms with E-state index in [1.807, 2.05) is 0 Å². The zero-order valence-electron chi connectivity index (χ0n) is 10.8. The van der Waals surface area contributed by atoms with Crippen LogP contribution in [0.3, 0.4) is 0 Å². The molecule has 0 saturated carbocycles. The smallest absolute Gasteiger partial charge is 0.339 e. The first-order valence-corrected chi connectivity index (χ1v) is 7.51. The Kier molecular flexibility index (Phi) is 8.30. The van der Waals surface area contributed by atoms with Crippen molar-refractivity contribution in [2.45, 2.75) is 26.2 Å². The van der Waals surface area contributed by atoms with Crippen LogP contribution in [0.2, 0.25) is 0 Å². The van der Waals surface area contributed by atoms with Crippen molar-refractivity contribution in [2.75, 3.05) is 19.4 Å². The monoisotopic (exact) mass is 294 g/mol. The van der Waals surface area contributed by atoms with Gasteiger partial charge in [0.15, 0.2) is 0 Å². The van der Waals surface area contributed by atoms with Gasteiger partial charge in [0.05, 0.1) is 13.2 Å². The van der Waals surface area contributed by atoms with E-state index in [4.69, 9.17) is 14.7 Å². The zero-order chi connectivity index (χ0) is 14.9. The molecule has 0 aliphatic heterocycles. The molecule has 110 valence electrons. The predicted octanol–water partition coefficient (Wildman–Crippen LogP) is 1.56. The molecule has 1 atom stereocenters. The highest BCUT2D eigenvalue weighted by atomic mass is 31.2. The van der Waals surface area contributed by atoms with Gasteiger partial charge in [-0.2, -0.15) is 0 Å². The van der Waals surface area contributed by atoms with E-state index in [-0.39, 0.29) is 13.2 Å². The third-order valence-electron chi connectivity index (χ3n) is 2.00. The SMILES string of the molecule is C=C(C)C(=O)OCCCCCOP(=O)(O)CC(=O)O. The van der Waals surface area contributed by atoms with Crippen LogP contribution in [0.15, 0.2) is 12.2 Å². The number of carbonyl (C=O) groups is 2. The molecule has 8 heteroatoms. The third-order valence-corrected chi connectivity index (χ3v) is 3.25. The largest absolute Gasteiger partial charge is 0.481 e. The van der Waals surface area contributed by atoms with E-state index >= 15 is 0 Å². The van der Waals surface area contributed by atoms with Crippen molar-refractivity contribution in [3.8, 4) is 0 Å². The fourth-order valence-corrected chi connectivity index (χ4v) is 1.94. The maximum Gasteiger partial charge on any atom is 0.339 e. The second-order valence-electron chi connectivity index (χ2n) is 4.00. The summed E-state index contributed by atoms with van der Waals surface area (Å²) in [5, 5.41) is 8.35. The molecule has 0 rings (SSSR count). The number of carbonyl (C=O) groups excluding carboxylic acids is 1. The lowest BCUT2D eigenvalue weighted by Crippen LogP contribution is -2.07. The average molecular weight is 294 g/mol. The maximum absolute atomic E-state index is 11.2. The van der Waals surface area contributed by atoms with Crippen molar-refractivity contribution >= 4 is 19.5 Å². The summed E-state index contributed by atoms with van der Waals surface area (Å²) in [4.78, 5) is 30.3. The standard InChI is InChI=1S/C11H19O7P/c1-9(2)11(14)17-6-4-3-5-7-18-19(15,16)8-10(12)13/h1,3-8H2,2H3,(H,12,13)(H,15,16). The quantitative estimate of drug-likeness (QED) is 0.272. The second kappa shape index (κ2) is 8.85. The van der Waals surface area contributed by atoms with Gasteiger partial charge in [0.25, 0.3) is 0 Å². The van der Waals surface area contributed by atoms with Gasteiger partial charge in [-0.25, -0.2) is 4.79 Å². The molecular weight excluding hydrogens is 275 g/mol. The van der Waals surface area contributed by atoms with Crippen molar-refractivity contribution in [1.29, 1.82) is 0 Å². The van der Waals surface area contributed by atoms with Crippen LogP contribution in [-0.2, 0) is 23.4 Å².